The average Bonchev–Trinajstić information content (AvgIpc) is 2.46. The van der Waals surface area contributed by atoms with Gasteiger partial charge in [0.15, 0.2) is 5.78 Å². The fourth-order valence-corrected chi connectivity index (χ4v) is 3.36. The van der Waals surface area contributed by atoms with E-state index < -0.39 is 0 Å². The van der Waals surface area contributed by atoms with Gasteiger partial charge in [-0.05, 0) is 51.9 Å². The van der Waals surface area contributed by atoms with Gasteiger partial charge in [0.05, 0.1) is 6.04 Å². The van der Waals surface area contributed by atoms with Crippen molar-refractivity contribution in [2.75, 3.05) is 11.4 Å². The zero-order chi connectivity index (χ0) is 13.2. The number of carbonyl (C=O) groups is 1. The number of carbonyl (C=O) groups excluding carboxylic acids is 1. The monoisotopic (exact) mass is 259 g/mol. The highest BCUT2D eigenvalue weighted by molar-refractivity contribution is 5.85. The minimum atomic E-state index is 0.0228. The number of aryl methyl sites for hydroxylation is 1. The smallest absolute Gasteiger partial charge is 0.152 e. The summed E-state index contributed by atoms with van der Waals surface area (Å²) in [5, 5.41) is 0. The van der Waals surface area contributed by atoms with E-state index in [1.165, 1.54) is 24.1 Å². The zero-order valence-electron chi connectivity index (χ0n) is 11.6. The molecule has 1 aliphatic carbocycles. The minimum Gasteiger partial charge on any atom is -0.346 e. The first kappa shape index (κ1) is 12.6. The molecule has 1 atom stereocenters. The summed E-state index contributed by atoms with van der Waals surface area (Å²) >= 11 is 0. The Morgan fingerprint density at radius 2 is 2.05 bits per heavy atom. The van der Waals surface area contributed by atoms with Crippen molar-refractivity contribution in [3.05, 3.63) is 17.6 Å². The molecular weight excluding hydrogens is 238 g/mol. The highest BCUT2D eigenvalue weighted by Gasteiger charge is 2.29. The van der Waals surface area contributed by atoms with Crippen LogP contribution in [-0.4, -0.2) is 28.3 Å². The van der Waals surface area contributed by atoms with E-state index in [0.29, 0.717) is 0 Å². The number of fused-ring (bicyclic) bond motifs is 1. The summed E-state index contributed by atoms with van der Waals surface area (Å²) in [6.07, 6.45) is 9.50. The number of hydrogen-bond donors (Lipinski definition) is 0. The Hall–Kier alpha value is -1.45. The Labute approximate surface area is 114 Å². The standard InChI is InChI=1S/C15H21N3O/c1-11(19)14-8-4-5-9-18(14)15-12-6-2-3-7-13(12)16-10-17-15/h10,14H,2-9H2,1H3. The van der Waals surface area contributed by atoms with Crippen molar-refractivity contribution >= 4 is 11.6 Å². The highest BCUT2D eigenvalue weighted by atomic mass is 16.1. The largest absolute Gasteiger partial charge is 0.346 e. The number of rotatable bonds is 2. The minimum absolute atomic E-state index is 0.0228. The molecule has 1 unspecified atom stereocenters. The molecule has 0 bridgehead atoms. The van der Waals surface area contributed by atoms with Crippen LogP contribution in [0.4, 0.5) is 5.82 Å². The molecule has 19 heavy (non-hydrogen) atoms. The van der Waals surface area contributed by atoms with Gasteiger partial charge in [-0.2, -0.15) is 0 Å². The fraction of sp³-hybridized carbons (Fsp3) is 0.667. The van der Waals surface area contributed by atoms with Gasteiger partial charge in [0, 0.05) is 17.8 Å². The average molecular weight is 259 g/mol. The van der Waals surface area contributed by atoms with E-state index in [4.69, 9.17) is 0 Å². The van der Waals surface area contributed by atoms with Gasteiger partial charge in [-0.15, -0.1) is 0 Å². The van der Waals surface area contributed by atoms with Crippen LogP contribution >= 0.6 is 0 Å². The molecule has 0 radical (unpaired) electrons. The van der Waals surface area contributed by atoms with Crippen LogP contribution in [0.5, 0.6) is 0 Å². The van der Waals surface area contributed by atoms with Gasteiger partial charge in [-0.3, -0.25) is 4.79 Å². The maximum atomic E-state index is 11.9. The second-order valence-electron chi connectivity index (χ2n) is 5.65. The molecule has 0 aromatic carbocycles. The van der Waals surface area contributed by atoms with Crippen LogP contribution in [-0.2, 0) is 17.6 Å². The van der Waals surface area contributed by atoms with E-state index in [1.807, 2.05) is 0 Å². The molecule has 1 fully saturated rings. The lowest BCUT2D eigenvalue weighted by atomic mass is 9.93. The van der Waals surface area contributed by atoms with E-state index in [0.717, 1.165) is 44.5 Å². The number of nitrogens with zero attached hydrogens (tertiary/aromatic N) is 3. The molecular formula is C15H21N3O. The van der Waals surface area contributed by atoms with Crippen molar-refractivity contribution in [3.63, 3.8) is 0 Å². The van der Waals surface area contributed by atoms with Gasteiger partial charge in [-0.25, -0.2) is 9.97 Å². The molecule has 0 saturated carbocycles. The first-order chi connectivity index (χ1) is 9.27. The number of Topliss-reactive ketones (excluding diaryl/α,β-unsaturated/α-hetero) is 1. The molecule has 0 amide bonds. The predicted octanol–water partition coefficient (Wildman–Crippen LogP) is 2.30. The Morgan fingerprint density at radius 1 is 1.21 bits per heavy atom. The summed E-state index contributed by atoms with van der Waals surface area (Å²) in [6, 6.07) is 0.0228. The molecule has 3 rings (SSSR count). The van der Waals surface area contributed by atoms with Gasteiger partial charge in [0.2, 0.25) is 0 Å². The van der Waals surface area contributed by atoms with Crippen LogP contribution in [0, 0.1) is 0 Å². The summed E-state index contributed by atoms with van der Waals surface area (Å²) in [4.78, 5) is 23.0. The molecule has 1 aromatic rings. The molecule has 0 N–H and O–H groups in total. The molecule has 1 aliphatic heterocycles. The van der Waals surface area contributed by atoms with Crippen LogP contribution in [0.15, 0.2) is 6.33 Å². The van der Waals surface area contributed by atoms with E-state index in [9.17, 15) is 4.79 Å². The van der Waals surface area contributed by atoms with Crippen molar-refractivity contribution in [1.82, 2.24) is 9.97 Å². The second-order valence-corrected chi connectivity index (χ2v) is 5.65. The Bertz CT molecular complexity index is 486. The molecule has 0 spiro atoms. The third-order valence-electron chi connectivity index (χ3n) is 4.35. The third kappa shape index (κ3) is 2.36. The van der Waals surface area contributed by atoms with Gasteiger partial charge in [-0.1, -0.05) is 0 Å². The van der Waals surface area contributed by atoms with Crippen molar-refractivity contribution < 1.29 is 4.79 Å². The lowest BCUT2D eigenvalue weighted by Crippen LogP contribution is -2.45. The maximum absolute atomic E-state index is 11.9. The Kier molecular flexibility index (Phi) is 3.49. The molecule has 2 heterocycles. The summed E-state index contributed by atoms with van der Waals surface area (Å²) in [6.45, 7) is 2.66. The third-order valence-corrected chi connectivity index (χ3v) is 4.35. The zero-order valence-corrected chi connectivity index (χ0v) is 11.6. The van der Waals surface area contributed by atoms with E-state index >= 15 is 0 Å². The Morgan fingerprint density at radius 3 is 2.89 bits per heavy atom. The van der Waals surface area contributed by atoms with Crippen LogP contribution < -0.4 is 4.90 Å². The molecule has 1 aromatic heterocycles. The number of ketones is 1. The summed E-state index contributed by atoms with van der Waals surface area (Å²) < 4.78 is 0. The number of anilines is 1. The second kappa shape index (κ2) is 5.27. The number of aromatic nitrogens is 2. The SMILES string of the molecule is CC(=O)C1CCCCN1c1ncnc2c1CCCC2. The normalized spacial score (nSPS) is 23.0. The van der Waals surface area contributed by atoms with E-state index in [-0.39, 0.29) is 11.8 Å². The van der Waals surface area contributed by atoms with E-state index in [1.54, 1.807) is 13.3 Å². The van der Waals surface area contributed by atoms with Crippen LogP contribution in [0.3, 0.4) is 0 Å². The summed E-state index contributed by atoms with van der Waals surface area (Å²) in [5.74, 6) is 1.30. The van der Waals surface area contributed by atoms with Crippen molar-refractivity contribution in [2.45, 2.75) is 57.9 Å². The van der Waals surface area contributed by atoms with E-state index in [2.05, 4.69) is 14.9 Å². The van der Waals surface area contributed by atoms with Crippen LogP contribution in [0.2, 0.25) is 0 Å². The van der Waals surface area contributed by atoms with Crippen molar-refractivity contribution in [3.8, 4) is 0 Å². The molecule has 4 nitrogen and oxygen atoms in total. The van der Waals surface area contributed by atoms with Gasteiger partial charge >= 0.3 is 0 Å². The molecule has 4 heteroatoms. The topological polar surface area (TPSA) is 46.1 Å². The number of hydrogen-bond acceptors (Lipinski definition) is 4. The van der Waals surface area contributed by atoms with Gasteiger partial charge in [0.1, 0.15) is 12.1 Å². The van der Waals surface area contributed by atoms with Crippen LogP contribution in [0.1, 0.15) is 50.3 Å². The van der Waals surface area contributed by atoms with Crippen molar-refractivity contribution in [2.24, 2.45) is 0 Å². The van der Waals surface area contributed by atoms with Crippen molar-refractivity contribution in [1.29, 1.82) is 0 Å². The summed E-state index contributed by atoms with van der Waals surface area (Å²) in [7, 11) is 0. The van der Waals surface area contributed by atoms with Crippen LogP contribution in [0.25, 0.3) is 0 Å². The highest BCUT2D eigenvalue weighted by Crippen LogP contribution is 2.31. The van der Waals surface area contributed by atoms with Gasteiger partial charge < -0.3 is 4.90 Å². The predicted molar refractivity (Wildman–Crippen MR) is 74.3 cm³/mol. The molecule has 1 saturated heterocycles. The molecule has 2 aliphatic rings. The lowest BCUT2D eigenvalue weighted by Gasteiger charge is -2.37. The first-order valence-corrected chi connectivity index (χ1v) is 7.37. The fourth-order valence-electron chi connectivity index (χ4n) is 3.36. The quantitative estimate of drug-likeness (QED) is 0.817. The lowest BCUT2D eigenvalue weighted by molar-refractivity contribution is -0.118. The first-order valence-electron chi connectivity index (χ1n) is 7.37. The maximum Gasteiger partial charge on any atom is 0.152 e. The Balaban J connectivity index is 1.98. The number of piperidine rings is 1. The summed E-state index contributed by atoms with van der Waals surface area (Å²) in [5.41, 5.74) is 2.49. The molecule has 102 valence electrons. The van der Waals surface area contributed by atoms with Gasteiger partial charge in [0.25, 0.3) is 0 Å².